The van der Waals surface area contributed by atoms with Crippen LogP contribution >= 0.6 is 35.0 Å². The summed E-state index contributed by atoms with van der Waals surface area (Å²) in [7, 11) is 1.60. The van der Waals surface area contributed by atoms with Gasteiger partial charge in [-0.2, -0.15) is 0 Å². The van der Waals surface area contributed by atoms with Gasteiger partial charge in [0.2, 0.25) is 11.8 Å². The number of nitrogens with zero attached hydrogens (tertiary/aromatic N) is 1. The van der Waals surface area contributed by atoms with E-state index in [4.69, 9.17) is 27.9 Å². The Morgan fingerprint density at radius 1 is 1.06 bits per heavy atom. The number of thioether (sulfide) groups is 1. The highest BCUT2D eigenvalue weighted by Gasteiger charge is 2.26. The fraction of sp³-hybridized carbons (Fsp3) is 0.417. The van der Waals surface area contributed by atoms with E-state index in [1.165, 1.54) is 11.8 Å². The molecular weight excluding hydrogens is 467 g/mol. The van der Waals surface area contributed by atoms with Crippen molar-refractivity contribution in [2.75, 3.05) is 19.4 Å². The van der Waals surface area contributed by atoms with Crippen LogP contribution in [0.1, 0.15) is 31.9 Å². The van der Waals surface area contributed by atoms with E-state index in [2.05, 4.69) is 5.32 Å². The molecule has 0 bridgehead atoms. The predicted molar refractivity (Wildman–Crippen MR) is 133 cm³/mol. The van der Waals surface area contributed by atoms with Crippen LogP contribution in [-0.4, -0.2) is 42.2 Å². The molecular formula is C24H30Cl2N2O3S. The number of halogens is 2. The molecule has 2 aromatic carbocycles. The molecule has 0 saturated carbocycles. The first kappa shape index (κ1) is 26.4. The largest absolute Gasteiger partial charge is 0.497 e. The van der Waals surface area contributed by atoms with E-state index >= 15 is 0 Å². The monoisotopic (exact) mass is 496 g/mol. The molecule has 5 nitrogen and oxygen atoms in total. The zero-order valence-corrected chi connectivity index (χ0v) is 21.2. The van der Waals surface area contributed by atoms with Crippen LogP contribution in [0.4, 0.5) is 0 Å². The molecule has 2 aromatic rings. The summed E-state index contributed by atoms with van der Waals surface area (Å²) in [5.41, 5.74) is 1.88. The Bertz CT molecular complexity index is 924. The van der Waals surface area contributed by atoms with Gasteiger partial charge >= 0.3 is 0 Å². The maximum Gasteiger partial charge on any atom is 0.242 e. The van der Waals surface area contributed by atoms with Crippen molar-refractivity contribution in [1.29, 1.82) is 0 Å². The third-order valence-electron chi connectivity index (χ3n) is 4.82. The van der Waals surface area contributed by atoms with E-state index in [9.17, 15) is 9.59 Å². The van der Waals surface area contributed by atoms with Gasteiger partial charge in [-0.15, -0.1) is 11.8 Å². The average molecular weight is 497 g/mol. The Morgan fingerprint density at radius 3 is 2.47 bits per heavy atom. The Morgan fingerprint density at radius 2 is 1.81 bits per heavy atom. The van der Waals surface area contributed by atoms with Crippen LogP contribution in [-0.2, 0) is 21.9 Å². The first-order valence-corrected chi connectivity index (χ1v) is 12.3. The van der Waals surface area contributed by atoms with Crippen molar-refractivity contribution < 1.29 is 14.3 Å². The molecule has 174 valence electrons. The summed E-state index contributed by atoms with van der Waals surface area (Å²) < 4.78 is 5.29. The van der Waals surface area contributed by atoms with Crippen molar-refractivity contribution in [3.63, 3.8) is 0 Å². The molecule has 0 fully saturated rings. The summed E-state index contributed by atoms with van der Waals surface area (Å²) in [4.78, 5) is 27.5. The topological polar surface area (TPSA) is 58.6 Å². The van der Waals surface area contributed by atoms with Crippen molar-refractivity contribution in [1.82, 2.24) is 10.2 Å². The molecule has 0 aliphatic heterocycles. The number of amides is 2. The van der Waals surface area contributed by atoms with E-state index in [-0.39, 0.29) is 17.6 Å². The Kier molecular flexibility index (Phi) is 10.7. The fourth-order valence-corrected chi connectivity index (χ4v) is 4.15. The van der Waals surface area contributed by atoms with Gasteiger partial charge in [0.15, 0.2) is 0 Å². The number of carbonyl (C=O) groups is 2. The quantitative estimate of drug-likeness (QED) is 0.450. The van der Waals surface area contributed by atoms with Gasteiger partial charge in [-0.3, -0.25) is 9.59 Å². The summed E-state index contributed by atoms with van der Waals surface area (Å²) in [5, 5.41) is 3.92. The number of nitrogens with one attached hydrogen (secondary N) is 1. The van der Waals surface area contributed by atoms with Gasteiger partial charge in [0, 0.05) is 18.8 Å². The molecule has 1 N–H and O–H groups in total. The molecule has 0 aliphatic rings. The van der Waals surface area contributed by atoms with E-state index < -0.39 is 6.04 Å². The second kappa shape index (κ2) is 13.0. The lowest BCUT2D eigenvalue weighted by molar-refractivity contribution is -0.138. The number of methoxy groups -OCH3 is 1. The second-order valence-corrected chi connectivity index (χ2v) is 9.73. The van der Waals surface area contributed by atoms with Gasteiger partial charge in [-0.1, -0.05) is 55.2 Å². The first-order chi connectivity index (χ1) is 15.2. The van der Waals surface area contributed by atoms with Gasteiger partial charge in [0.25, 0.3) is 0 Å². The number of ether oxygens (including phenoxy) is 1. The maximum atomic E-state index is 13.1. The summed E-state index contributed by atoms with van der Waals surface area (Å²) in [6.07, 6.45) is 0. The highest BCUT2D eigenvalue weighted by Crippen LogP contribution is 2.25. The minimum Gasteiger partial charge on any atom is -0.497 e. The molecule has 0 heterocycles. The summed E-state index contributed by atoms with van der Waals surface area (Å²) in [5.74, 6) is 1.63. The lowest BCUT2D eigenvalue weighted by Gasteiger charge is -2.29. The van der Waals surface area contributed by atoms with E-state index in [0.29, 0.717) is 40.6 Å². The molecule has 2 rings (SSSR count). The van der Waals surface area contributed by atoms with Crippen LogP contribution in [0.5, 0.6) is 5.75 Å². The highest BCUT2D eigenvalue weighted by molar-refractivity contribution is 7.99. The Balaban J connectivity index is 2.09. The standard InChI is InChI=1S/C24H30Cl2N2O3S/c1-16(2)12-27-24(30)17(3)28(13-18-6-5-7-20(10-18)31-4)23(29)15-32-14-19-8-9-21(25)22(26)11-19/h5-11,16-17H,12-15H2,1-4H3,(H,27,30)/t17-/m0/s1. The van der Waals surface area contributed by atoms with Crippen LogP contribution in [0.15, 0.2) is 42.5 Å². The van der Waals surface area contributed by atoms with E-state index in [0.717, 1.165) is 11.1 Å². The van der Waals surface area contributed by atoms with Gasteiger partial charge in [0.05, 0.1) is 22.9 Å². The molecule has 0 aliphatic carbocycles. The van der Waals surface area contributed by atoms with Gasteiger partial charge < -0.3 is 15.0 Å². The normalized spacial score (nSPS) is 11.8. The Hall–Kier alpha value is -1.89. The van der Waals surface area contributed by atoms with Crippen molar-refractivity contribution in [3.05, 3.63) is 63.6 Å². The molecule has 0 radical (unpaired) electrons. The molecule has 2 amide bonds. The number of benzene rings is 2. The molecule has 0 unspecified atom stereocenters. The smallest absolute Gasteiger partial charge is 0.242 e. The third-order valence-corrected chi connectivity index (χ3v) is 6.54. The minimum atomic E-state index is -0.599. The first-order valence-electron chi connectivity index (χ1n) is 10.4. The Labute approximate surface area is 204 Å². The molecule has 1 atom stereocenters. The fourth-order valence-electron chi connectivity index (χ4n) is 2.97. The lowest BCUT2D eigenvalue weighted by atomic mass is 10.1. The SMILES string of the molecule is COc1cccc(CN(C(=O)CSCc2ccc(Cl)c(Cl)c2)[C@@H](C)C(=O)NCC(C)C)c1. The van der Waals surface area contributed by atoms with Crippen LogP contribution in [0.3, 0.4) is 0 Å². The molecule has 32 heavy (non-hydrogen) atoms. The molecule has 8 heteroatoms. The second-order valence-electron chi connectivity index (χ2n) is 7.93. The van der Waals surface area contributed by atoms with Crippen molar-refractivity contribution >= 4 is 46.8 Å². The zero-order valence-electron chi connectivity index (χ0n) is 18.9. The van der Waals surface area contributed by atoms with Crippen molar-refractivity contribution in [2.24, 2.45) is 5.92 Å². The molecule has 0 spiro atoms. The zero-order chi connectivity index (χ0) is 23.7. The third kappa shape index (κ3) is 8.23. The highest BCUT2D eigenvalue weighted by atomic mass is 35.5. The van der Waals surface area contributed by atoms with E-state index in [1.807, 2.05) is 44.2 Å². The summed E-state index contributed by atoms with van der Waals surface area (Å²) in [6.45, 7) is 6.71. The van der Waals surface area contributed by atoms with Gasteiger partial charge in [-0.05, 0) is 48.2 Å². The van der Waals surface area contributed by atoms with Crippen LogP contribution in [0.25, 0.3) is 0 Å². The summed E-state index contributed by atoms with van der Waals surface area (Å²) >= 11 is 13.5. The predicted octanol–water partition coefficient (Wildman–Crippen LogP) is 5.42. The molecule has 0 aromatic heterocycles. The van der Waals surface area contributed by atoms with Crippen LogP contribution < -0.4 is 10.1 Å². The lowest BCUT2D eigenvalue weighted by Crippen LogP contribution is -2.48. The summed E-state index contributed by atoms with van der Waals surface area (Å²) in [6, 6.07) is 12.4. The number of rotatable bonds is 11. The maximum absolute atomic E-state index is 13.1. The number of carbonyl (C=O) groups excluding carboxylic acids is 2. The van der Waals surface area contributed by atoms with E-state index in [1.54, 1.807) is 31.1 Å². The number of hydrogen-bond donors (Lipinski definition) is 1. The van der Waals surface area contributed by atoms with Crippen molar-refractivity contribution in [3.8, 4) is 5.75 Å². The van der Waals surface area contributed by atoms with Crippen LogP contribution in [0, 0.1) is 5.92 Å². The van der Waals surface area contributed by atoms with Gasteiger partial charge in [0.1, 0.15) is 11.8 Å². The minimum absolute atomic E-state index is 0.106. The van der Waals surface area contributed by atoms with Gasteiger partial charge in [-0.25, -0.2) is 0 Å². The number of hydrogen-bond acceptors (Lipinski definition) is 4. The van der Waals surface area contributed by atoms with Crippen LogP contribution in [0.2, 0.25) is 10.0 Å². The average Bonchev–Trinajstić information content (AvgIpc) is 2.77. The van der Waals surface area contributed by atoms with Crippen molar-refractivity contribution in [2.45, 2.75) is 39.1 Å². The molecule has 0 saturated heterocycles.